The van der Waals surface area contributed by atoms with E-state index in [1.165, 1.54) is 0 Å². The smallest absolute Gasteiger partial charge is 0.138 e. The molecule has 1 rings (SSSR count). The molecule has 0 aliphatic rings. The maximum atomic E-state index is 7.30. The van der Waals surface area contributed by atoms with Crippen LogP contribution < -0.4 is 10.5 Å². The van der Waals surface area contributed by atoms with Crippen molar-refractivity contribution in [3.8, 4) is 5.75 Å². The molecular weight excluding hydrogens is 268 g/mol. The van der Waals surface area contributed by atoms with Gasteiger partial charge in [0.05, 0.1) is 11.6 Å². The van der Waals surface area contributed by atoms with E-state index in [4.69, 9.17) is 37.0 Å². The van der Waals surface area contributed by atoms with Crippen molar-refractivity contribution < 1.29 is 14.2 Å². The lowest BCUT2D eigenvalue weighted by atomic mass is 10.2. The van der Waals surface area contributed by atoms with Crippen molar-refractivity contribution in [2.45, 2.75) is 6.42 Å². The molecule has 0 aromatic heterocycles. The van der Waals surface area contributed by atoms with Gasteiger partial charge in [-0.05, 0) is 24.6 Å². The Kier molecular flexibility index (Phi) is 7.25. The predicted molar refractivity (Wildman–Crippen MR) is 75.3 cm³/mol. The molecule has 0 spiro atoms. The molecule has 0 saturated carbocycles. The van der Waals surface area contributed by atoms with Crippen molar-refractivity contribution in [2.24, 2.45) is 5.73 Å². The first-order valence-electron chi connectivity index (χ1n) is 5.98. The van der Waals surface area contributed by atoms with E-state index in [0.29, 0.717) is 42.8 Å². The maximum Gasteiger partial charge on any atom is 0.138 e. The summed E-state index contributed by atoms with van der Waals surface area (Å²) in [7, 11) is 1.66. The lowest BCUT2D eigenvalue weighted by Gasteiger charge is -2.09. The number of hydrogen-bond donors (Lipinski definition) is 2. The average Bonchev–Trinajstić information content (AvgIpc) is 2.39. The molecule has 1 aromatic rings. The highest BCUT2D eigenvalue weighted by Gasteiger charge is 2.04. The Morgan fingerprint density at radius 2 is 2.05 bits per heavy atom. The van der Waals surface area contributed by atoms with E-state index in [1.807, 2.05) is 0 Å². The zero-order valence-electron chi connectivity index (χ0n) is 10.9. The van der Waals surface area contributed by atoms with Gasteiger partial charge < -0.3 is 19.9 Å². The molecule has 106 valence electrons. The summed E-state index contributed by atoms with van der Waals surface area (Å²) in [5.41, 5.74) is 5.94. The Bertz CT molecular complexity index is 413. The van der Waals surface area contributed by atoms with E-state index in [0.717, 1.165) is 6.42 Å². The summed E-state index contributed by atoms with van der Waals surface area (Å²) < 4.78 is 15.7. The van der Waals surface area contributed by atoms with Crippen LogP contribution >= 0.6 is 11.6 Å². The van der Waals surface area contributed by atoms with Gasteiger partial charge in [-0.25, -0.2) is 0 Å². The van der Waals surface area contributed by atoms with Gasteiger partial charge in [-0.2, -0.15) is 0 Å². The molecule has 0 saturated heterocycles. The van der Waals surface area contributed by atoms with Gasteiger partial charge in [0.2, 0.25) is 0 Å². The fourth-order valence-electron chi connectivity index (χ4n) is 1.40. The first-order valence-corrected chi connectivity index (χ1v) is 6.36. The van der Waals surface area contributed by atoms with E-state index in [2.05, 4.69) is 0 Å². The second-order valence-corrected chi connectivity index (χ2v) is 4.27. The van der Waals surface area contributed by atoms with Gasteiger partial charge in [0.15, 0.2) is 0 Å². The minimum atomic E-state index is -0.0186. The van der Waals surface area contributed by atoms with Gasteiger partial charge in [-0.3, -0.25) is 5.41 Å². The molecule has 1 aromatic carbocycles. The summed E-state index contributed by atoms with van der Waals surface area (Å²) >= 11 is 6.02. The van der Waals surface area contributed by atoms with E-state index >= 15 is 0 Å². The number of nitrogens with two attached hydrogens (primary N) is 1. The molecule has 0 atom stereocenters. The summed E-state index contributed by atoms with van der Waals surface area (Å²) in [4.78, 5) is 0. The number of rotatable bonds is 9. The molecule has 0 unspecified atom stereocenters. The maximum absolute atomic E-state index is 7.30. The number of ether oxygens (including phenoxy) is 3. The second kappa shape index (κ2) is 8.74. The molecule has 0 bridgehead atoms. The minimum Gasteiger partial charge on any atom is -0.490 e. The molecule has 5 nitrogen and oxygen atoms in total. The fourth-order valence-corrected chi connectivity index (χ4v) is 1.64. The Morgan fingerprint density at radius 3 is 2.68 bits per heavy atom. The van der Waals surface area contributed by atoms with Crippen LogP contribution in [0.15, 0.2) is 18.2 Å². The Morgan fingerprint density at radius 1 is 1.26 bits per heavy atom. The molecule has 3 N–H and O–H groups in total. The van der Waals surface area contributed by atoms with E-state index in [1.54, 1.807) is 25.3 Å². The Hall–Kier alpha value is -1.30. The third-order valence-electron chi connectivity index (χ3n) is 2.37. The van der Waals surface area contributed by atoms with E-state index < -0.39 is 0 Å². The molecule has 0 fully saturated rings. The summed E-state index contributed by atoms with van der Waals surface area (Å²) in [6, 6.07) is 5.01. The van der Waals surface area contributed by atoms with Crippen molar-refractivity contribution in [3.63, 3.8) is 0 Å². The average molecular weight is 287 g/mol. The Balaban J connectivity index is 2.28. The van der Waals surface area contributed by atoms with Crippen LogP contribution in [0.3, 0.4) is 0 Å². The summed E-state index contributed by atoms with van der Waals surface area (Å²) in [6.45, 7) is 2.26. The number of amidine groups is 1. The van der Waals surface area contributed by atoms with Crippen LogP contribution in [0.4, 0.5) is 0 Å². The van der Waals surface area contributed by atoms with Crippen molar-refractivity contribution in [1.29, 1.82) is 5.41 Å². The number of methoxy groups -OCH3 is 1. The predicted octanol–water partition coefficient (Wildman–Crippen LogP) is 2.06. The SMILES string of the molecule is COCCCOCCOc1ccc(C(=N)N)cc1Cl. The first kappa shape index (κ1) is 15.8. The zero-order valence-corrected chi connectivity index (χ0v) is 11.7. The summed E-state index contributed by atoms with van der Waals surface area (Å²) in [5.74, 6) is 0.544. The van der Waals surface area contributed by atoms with Gasteiger partial charge in [-0.15, -0.1) is 0 Å². The van der Waals surface area contributed by atoms with Crippen molar-refractivity contribution in [1.82, 2.24) is 0 Å². The standard InChI is InChI=1S/C13H19ClN2O3/c1-17-5-2-6-18-7-8-19-12-4-3-10(13(15)16)9-11(12)14/h3-4,9H,2,5-8H2,1H3,(H3,15,16). The molecule has 0 heterocycles. The number of hydrogen-bond acceptors (Lipinski definition) is 4. The molecule has 6 heteroatoms. The largest absolute Gasteiger partial charge is 0.490 e. The number of halogens is 1. The van der Waals surface area contributed by atoms with Gasteiger partial charge in [0, 0.05) is 25.9 Å². The van der Waals surface area contributed by atoms with Gasteiger partial charge in [0.25, 0.3) is 0 Å². The summed E-state index contributed by atoms with van der Waals surface area (Å²) in [5, 5.41) is 7.74. The van der Waals surface area contributed by atoms with Crippen LogP contribution in [0.25, 0.3) is 0 Å². The minimum absolute atomic E-state index is 0.0186. The van der Waals surface area contributed by atoms with Crippen LogP contribution in [0.1, 0.15) is 12.0 Å². The number of benzene rings is 1. The monoisotopic (exact) mass is 286 g/mol. The Labute approximate surface area is 118 Å². The zero-order chi connectivity index (χ0) is 14.1. The highest BCUT2D eigenvalue weighted by Crippen LogP contribution is 2.25. The normalized spacial score (nSPS) is 10.4. The van der Waals surface area contributed by atoms with Crippen LogP contribution in [0.5, 0.6) is 5.75 Å². The summed E-state index contributed by atoms with van der Waals surface area (Å²) in [6.07, 6.45) is 0.866. The number of nitrogen functional groups attached to an aromatic ring is 1. The highest BCUT2D eigenvalue weighted by atomic mass is 35.5. The third-order valence-corrected chi connectivity index (χ3v) is 2.66. The molecule has 0 aliphatic heterocycles. The number of nitrogens with one attached hydrogen (secondary N) is 1. The van der Waals surface area contributed by atoms with Crippen molar-refractivity contribution in [2.75, 3.05) is 33.5 Å². The van der Waals surface area contributed by atoms with Crippen LogP contribution in [0, 0.1) is 5.41 Å². The lowest BCUT2D eigenvalue weighted by molar-refractivity contribution is 0.0807. The van der Waals surface area contributed by atoms with Crippen LogP contribution in [-0.2, 0) is 9.47 Å². The van der Waals surface area contributed by atoms with Crippen LogP contribution in [0.2, 0.25) is 5.02 Å². The topological polar surface area (TPSA) is 77.6 Å². The van der Waals surface area contributed by atoms with Gasteiger partial charge >= 0.3 is 0 Å². The second-order valence-electron chi connectivity index (χ2n) is 3.87. The van der Waals surface area contributed by atoms with E-state index in [-0.39, 0.29) is 5.84 Å². The first-order chi connectivity index (χ1) is 9.15. The van der Waals surface area contributed by atoms with Gasteiger partial charge in [0.1, 0.15) is 18.2 Å². The van der Waals surface area contributed by atoms with Crippen molar-refractivity contribution >= 4 is 17.4 Å². The third kappa shape index (κ3) is 5.92. The highest BCUT2D eigenvalue weighted by molar-refractivity contribution is 6.32. The van der Waals surface area contributed by atoms with E-state index in [9.17, 15) is 0 Å². The van der Waals surface area contributed by atoms with Crippen LogP contribution in [-0.4, -0.2) is 39.4 Å². The quantitative estimate of drug-likeness (QED) is 0.414. The molecule has 19 heavy (non-hydrogen) atoms. The lowest BCUT2D eigenvalue weighted by Crippen LogP contribution is -2.11. The van der Waals surface area contributed by atoms with Gasteiger partial charge in [-0.1, -0.05) is 11.6 Å². The molecule has 0 radical (unpaired) electrons. The molecular formula is C13H19ClN2O3. The fraction of sp³-hybridized carbons (Fsp3) is 0.462. The van der Waals surface area contributed by atoms with Crippen molar-refractivity contribution in [3.05, 3.63) is 28.8 Å². The molecule has 0 amide bonds. The molecule has 0 aliphatic carbocycles.